The van der Waals surface area contributed by atoms with Crippen LogP contribution in [0.5, 0.6) is 5.75 Å². The molecule has 8 nitrogen and oxygen atoms in total. The van der Waals surface area contributed by atoms with Crippen LogP contribution in [0.1, 0.15) is 16.9 Å². The Bertz CT molecular complexity index is 1480. The van der Waals surface area contributed by atoms with Gasteiger partial charge in [0.2, 0.25) is 0 Å². The van der Waals surface area contributed by atoms with E-state index in [-0.39, 0.29) is 12.1 Å². The molecule has 0 unspecified atom stereocenters. The van der Waals surface area contributed by atoms with Gasteiger partial charge in [-0.05, 0) is 49.2 Å². The molecule has 160 valence electrons. The molecule has 0 aliphatic rings. The number of aryl methyl sites for hydroxylation is 2. The van der Waals surface area contributed by atoms with Crippen LogP contribution >= 0.6 is 0 Å². The lowest BCUT2D eigenvalue weighted by Crippen LogP contribution is -2.20. The first-order valence-corrected chi connectivity index (χ1v) is 10.1. The molecule has 5 aromatic rings. The highest BCUT2D eigenvalue weighted by Gasteiger charge is 2.15. The molecule has 0 fully saturated rings. The fourth-order valence-corrected chi connectivity index (χ4v) is 3.86. The predicted molar refractivity (Wildman–Crippen MR) is 120 cm³/mol. The van der Waals surface area contributed by atoms with Crippen LogP contribution in [0.25, 0.3) is 28.0 Å². The van der Waals surface area contributed by atoms with Gasteiger partial charge in [0.25, 0.3) is 5.56 Å². The van der Waals surface area contributed by atoms with E-state index in [1.807, 2.05) is 50.2 Å². The van der Waals surface area contributed by atoms with Crippen molar-refractivity contribution in [2.75, 3.05) is 7.11 Å². The van der Waals surface area contributed by atoms with E-state index in [4.69, 9.17) is 9.26 Å². The Morgan fingerprint density at radius 1 is 1.06 bits per heavy atom. The summed E-state index contributed by atoms with van der Waals surface area (Å²) in [6.07, 6.45) is 3.07. The number of aromatic nitrogens is 5. The SMILES string of the molecule is COc1ccccc1-c1cc(Cn2cnc3c(cnn3-c3cc(C)cc(C)c3)c2=O)on1. The lowest BCUT2D eigenvalue weighted by Gasteiger charge is -2.07. The summed E-state index contributed by atoms with van der Waals surface area (Å²) < 4.78 is 14.0. The van der Waals surface area contributed by atoms with Gasteiger partial charge in [-0.1, -0.05) is 23.4 Å². The van der Waals surface area contributed by atoms with Gasteiger partial charge in [0.1, 0.15) is 23.2 Å². The lowest BCUT2D eigenvalue weighted by atomic mass is 10.1. The molecule has 32 heavy (non-hydrogen) atoms. The minimum atomic E-state index is -0.194. The number of hydrogen-bond acceptors (Lipinski definition) is 6. The molecule has 0 amide bonds. The van der Waals surface area contributed by atoms with E-state index in [1.165, 1.54) is 10.9 Å². The summed E-state index contributed by atoms with van der Waals surface area (Å²) in [5.41, 5.74) is 4.90. The Hall–Kier alpha value is -4.20. The number of para-hydroxylation sites is 1. The zero-order valence-corrected chi connectivity index (χ0v) is 17.9. The summed E-state index contributed by atoms with van der Waals surface area (Å²) in [5, 5.41) is 8.99. The number of benzene rings is 2. The quantitative estimate of drug-likeness (QED) is 0.423. The van der Waals surface area contributed by atoms with Crippen LogP contribution in [-0.4, -0.2) is 31.6 Å². The second kappa shape index (κ2) is 7.81. The van der Waals surface area contributed by atoms with Crippen molar-refractivity contribution >= 4 is 11.0 Å². The first-order valence-electron chi connectivity index (χ1n) is 10.1. The third kappa shape index (κ3) is 3.45. The third-order valence-electron chi connectivity index (χ3n) is 5.27. The molecule has 0 spiro atoms. The van der Waals surface area contributed by atoms with Gasteiger partial charge in [-0.2, -0.15) is 5.10 Å². The van der Waals surface area contributed by atoms with E-state index in [2.05, 4.69) is 21.3 Å². The average molecular weight is 427 g/mol. The van der Waals surface area contributed by atoms with Crippen LogP contribution in [0, 0.1) is 13.8 Å². The fraction of sp³-hybridized carbons (Fsp3) is 0.167. The number of rotatable bonds is 5. The summed E-state index contributed by atoms with van der Waals surface area (Å²) in [7, 11) is 1.61. The number of hydrogen-bond donors (Lipinski definition) is 0. The van der Waals surface area contributed by atoms with Gasteiger partial charge in [0, 0.05) is 11.6 Å². The molecule has 2 aromatic carbocycles. The summed E-state index contributed by atoms with van der Waals surface area (Å²) in [6.45, 7) is 4.26. The van der Waals surface area contributed by atoms with Crippen molar-refractivity contribution in [2.24, 2.45) is 0 Å². The first kappa shape index (κ1) is 19.7. The molecule has 0 radical (unpaired) electrons. The van der Waals surface area contributed by atoms with E-state index in [1.54, 1.807) is 24.1 Å². The van der Waals surface area contributed by atoms with Crippen molar-refractivity contribution in [3.05, 3.63) is 88.3 Å². The van der Waals surface area contributed by atoms with Crippen molar-refractivity contribution in [1.82, 2.24) is 24.5 Å². The normalized spacial score (nSPS) is 11.2. The monoisotopic (exact) mass is 427 g/mol. The van der Waals surface area contributed by atoms with Gasteiger partial charge in [0.05, 0.1) is 25.5 Å². The van der Waals surface area contributed by atoms with E-state index in [0.717, 1.165) is 22.4 Å². The van der Waals surface area contributed by atoms with Crippen LogP contribution in [0.4, 0.5) is 0 Å². The number of fused-ring (bicyclic) bond motifs is 1. The smallest absolute Gasteiger partial charge is 0.264 e. The standard InChI is InChI=1S/C24H21N5O3/c1-15-8-16(2)10-17(9-15)29-23-20(12-26-29)24(30)28(14-25-23)13-18-11-21(27-32-18)19-6-4-5-7-22(19)31-3/h4-12,14H,13H2,1-3H3. The topological polar surface area (TPSA) is 88.0 Å². The van der Waals surface area contributed by atoms with Gasteiger partial charge in [0.15, 0.2) is 11.4 Å². The molecule has 3 heterocycles. The van der Waals surface area contributed by atoms with Gasteiger partial charge < -0.3 is 9.26 Å². The van der Waals surface area contributed by atoms with Crippen LogP contribution < -0.4 is 10.3 Å². The van der Waals surface area contributed by atoms with Crippen LogP contribution in [-0.2, 0) is 6.54 Å². The minimum Gasteiger partial charge on any atom is -0.496 e. The molecule has 8 heteroatoms. The molecule has 0 saturated heterocycles. The van der Waals surface area contributed by atoms with E-state index in [9.17, 15) is 4.79 Å². The first-order chi connectivity index (χ1) is 15.5. The van der Waals surface area contributed by atoms with Gasteiger partial charge in [-0.3, -0.25) is 9.36 Å². The lowest BCUT2D eigenvalue weighted by molar-refractivity contribution is 0.375. The molecule has 0 aliphatic carbocycles. The van der Waals surface area contributed by atoms with Crippen molar-refractivity contribution in [3.8, 4) is 22.7 Å². The van der Waals surface area contributed by atoms with E-state index in [0.29, 0.717) is 28.2 Å². The maximum absolute atomic E-state index is 13.1. The highest BCUT2D eigenvalue weighted by Crippen LogP contribution is 2.29. The Balaban J connectivity index is 1.48. The summed E-state index contributed by atoms with van der Waals surface area (Å²) in [5.74, 6) is 1.24. The molecule has 0 aliphatic heterocycles. The molecule has 0 saturated carbocycles. The van der Waals surface area contributed by atoms with Gasteiger partial charge >= 0.3 is 0 Å². The summed E-state index contributed by atoms with van der Waals surface area (Å²) in [6, 6.07) is 15.5. The van der Waals surface area contributed by atoms with Crippen LogP contribution in [0.15, 0.2) is 70.4 Å². The Morgan fingerprint density at radius 3 is 2.62 bits per heavy atom. The highest BCUT2D eigenvalue weighted by atomic mass is 16.5. The van der Waals surface area contributed by atoms with E-state index < -0.39 is 0 Å². The van der Waals surface area contributed by atoms with Crippen molar-refractivity contribution < 1.29 is 9.26 Å². The highest BCUT2D eigenvalue weighted by molar-refractivity contribution is 5.75. The van der Waals surface area contributed by atoms with Crippen molar-refractivity contribution in [2.45, 2.75) is 20.4 Å². The molecular weight excluding hydrogens is 406 g/mol. The number of ether oxygens (including phenoxy) is 1. The second-order valence-corrected chi connectivity index (χ2v) is 7.70. The maximum atomic E-state index is 13.1. The third-order valence-corrected chi connectivity index (χ3v) is 5.27. The zero-order valence-electron chi connectivity index (χ0n) is 17.9. The van der Waals surface area contributed by atoms with Crippen LogP contribution in [0.3, 0.4) is 0 Å². The predicted octanol–water partition coefficient (Wildman–Crippen LogP) is 3.91. The van der Waals surface area contributed by atoms with E-state index >= 15 is 0 Å². The Morgan fingerprint density at radius 2 is 1.84 bits per heavy atom. The summed E-state index contributed by atoms with van der Waals surface area (Å²) in [4.78, 5) is 17.6. The summed E-state index contributed by atoms with van der Waals surface area (Å²) >= 11 is 0. The molecular formula is C24H21N5O3. The average Bonchev–Trinajstić information content (AvgIpc) is 3.42. The number of nitrogens with zero attached hydrogens (tertiary/aromatic N) is 5. The van der Waals surface area contributed by atoms with Crippen molar-refractivity contribution in [1.29, 1.82) is 0 Å². The van der Waals surface area contributed by atoms with Crippen molar-refractivity contribution in [3.63, 3.8) is 0 Å². The minimum absolute atomic E-state index is 0.194. The molecule has 0 N–H and O–H groups in total. The Labute approximate surface area is 183 Å². The molecule has 5 rings (SSSR count). The fourth-order valence-electron chi connectivity index (χ4n) is 3.86. The van der Waals surface area contributed by atoms with Gasteiger partial charge in [-0.15, -0.1) is 0 Å². The maximum Gasteiger partial charge on any atom is 0.264 e. The Kier molecular flexibility index (Phi) is 4.82. The largest absolute Gasteiger partial charge is 0.496 e. The molecule has 0 bridgehead atoms. The van der Waals surface area contributed by atoms with Gasteiger partial charge in [-0.25, -0.2) is 9.67 Å². The number of methoxy groups -OCH3 is 1. The van der Waals surface area contributed by atoms with Crippen LogP contribution in [0.2, 0.25) is 0 Å². The second-order valence-electron chi connectivity index (χ2n) is 7.70. The molecule has 3 aromatic heterocycles. The molecule has 0 atom stereocenters. The zero-order chi connectivity index (χ0) is 22.2.